The van der Waals surface area contributed by atoms with Gasteiger partial charge in [-0.25, -0.2) is 0 Å². The maximum atomic E-state index is 14.2. The van der Waals surface area contributed by atoms with Gasteiger partial charge in [0, 0.05) is 25.7 Å². The van der Waals surface area contributed by atoms with E-state index in [1.807, 2.05) is 11.8 Å². The molecular weight excluding hydrogens is 558 g/mol. The number of benzene rings is 1. The molecule has 2 amide bonds. The van der Waals surface area contributed by atoms with Gasteiger partial charge in [0.25, 0.3) is 0 Å². The van der Waals surface area contributed by atoms with E-state index >= 15 is 0 Å². The van der Waals surface area contributed by atoms with Crippen molar-refractivity contribution < 1.29 is 39.0 Å². The number of hydrogen-bond donors (Lipinski definition) is 4. The third kappa shape index (κ3) is 4.47. The molecule has 1 aromatic carbocycles. The van der Waals surface area contributed by atoms with E-state index in [9.17, 15) is 39.0 Å². The largest absolute Gasteiger partial charge is 0.505 e. The van der Waals surface area contributed by atoms with Gasteiger partial charge in [-0.3, -0.25) is 38.6 Å². The SMILES string of the molecule is CCN1CCC[C@H]1C(=O)Nc1cc(N(C)C)c2c(c1O)C(=O)C1C(=O)[C@]3(O)C(=O)C(C(N)=O)C(=O)[C@@H](N(C)C)[C@@H]3C[C@@H]1C2. The number of aromatic hydroxyl groups is 1. The summed E-state index contributed by atoms with van der Waals surface area (Å²) >= 11 is 0. The third-order valence-corrected chi connectivity index (χ3v) is 9.85. The van der Waals surface area contributed by atoms with Gasteiger partial charge in [0.15, 0.2) is 34.7 Å². The van der Waals surface area contributed by atoms with Crippen molar-refractivity contribution in [2.75, 3.05) is 51.5 Å². The standard InChI is InChI=1S/C30H39N5O8/c1-6-35-9-7-8-17(35)29(42)32-16-12-18(33(2)3)14-10-13-11-15-22(34(4)5)25(38)21(28(31)41)27(40)30(15,43)26(39)19(13)24(37)20(14)23(16)36/h12-13,15,17,19,21-22,36,43H,6-11H2,1-5H3,(H2,31,41)(H,32,42)/t13-,15-,17-,19?,21?,22-,30-/m0/s1. The molecule has 2 saturated carbocycles. The lowest BCUT2D eigenvalue weighted by atomic mass is 9.52. The Hall–Kier alpha value is -3.68. The van der Waals surface area contributed by atoms with Crippen molar-refractivity contribution >= 4 is 46.3 Å². The average molecular weight is 598 g/mol. The Kier molecular flexibility index (Phi) is 7.72. The van der Waals surface area contributed by atoms with Crippen molar-refractivity contribution in [1.29, 1.82) is 0 Å². The maximum absolute atomic E-state index is 14.2. The molecule has 1 saturated heterocycles. The lowest BCUT2D eigenvalue weighted by Crippen LogP contribution is -2.74. The third-order valence-electron chi connectivity index (χ3n) is 9.85. The van der Waals surface area contributed by atoms with Gasteiger partial charge >= 0.3 is 0 Å². The summed E-state index contributed by atoms with van der Waals surface area (Å²) in [6, 6.07) is 0.0380. The van der Waals surface area contributed by atoms with Crippen molar-refractivity contribution in [3.8, 4) is 5.75 Å². The van der Waals surface area contributed by atoms with Crippen LogP contribution in [0.25, 0.3) is 0 Å². The van der Waals surface area contributed by atoms with E-state index in [4.69, 9.17) is 5.73 Å². The molecule has 5 N–H and O–H groups in total. The van der Waals surface area contributed by atoms with E-state index in [0.29, 0.717) is 24.2 Å². The van der Waals surface area contributed by atoms with Crippen LogP contribution in [0.4, 0.5) is 11.4 Å². The number of primary amides is 1. The van der Waals surface area contributed by atoms with E-state index in [0.717, 1.165) is 13.0 Å². The fraction of sp³-hybridized carbons (Fsp3) is 0.600. The molecule has 3 fully saturated rings. The summed E-state index contributed by atoms with van der Waals surface area (Å²) in [5, 5.41) is 25.9. The fourth-order valence-corrected chi connectivity index (χ4v) is 7.86. The summed E-state index contributed by atoms with van der Waals surface area (Å²) in [6.07, 6.45) is 1.60. The fourth-order valence-electron chi connectivity index (χ4n) is 7.86. The van der Waals surface area contributed by atoms with Crippen LogP contribution in [0, 0.1) is 23.7 Å². The Morgan fingerprint density at radius 1 is 1.14 bits per heavy atom. The summed E-state index contributed by atoms with van der Waals surface area (Å²) in [5.41, 5.74) is 3.45. The van der Waals surface area contributed by atoms with Crippen LogP contribution in [0.1, 0.15) is 42.1 Å². The predicted octanol–water partition coefficient (Wildman–Crippen LogP) is -0.644. The molecule has 1 aliphatic heterocycles. The summed E-state index contributed by atoms with van der Waals surface area (Å²) < 4.78 is 0. The zero-order chi connectivity index (χ0) is 31.7. The first kappa shape index (κ1) is 30.8. The van der Waals surface area contributed by atoms with Crippen LogP contribution in [-0.4, -0.2) is 114 Å². The molecule has 0 aromatic heterocycles. The number of nitrogens with one attached hydrogen (secondary N) is 1. The molecule has 13 nitrogen and oxygen atoms in total. The first-order chi connectivity index (χ1) is 20.2. The highest BCUT2D eigenvalue weighted by Crippen LogP contribution is 2.52. The quantitative estimate of drug-likeness (QED) is 0.241. The van der Waals surface area contributed by atoms with Gasteiger partial charge in [-0.15, -0.1) is 0 Å². The number of nitrogens with zero attached hydrogens (tertiary/aromatic N) is 3. The highest BCUT2D eigenvalue weighted by molar-refractivity contribution is 6.32. The molecule has 232 valence electrons. The van der Waals surface area contributed by atoms with Crippen molar-refractivity contribution in [3.05, 3.63) is 17.2 Å². The number of fused-ring (bicyclic) bond motifs is 3. The number of carbonyl (C=O) groups excluding carboxylic acids is 6. The van der Waals surface area contributed by atoms with E-state index in [1.165, 1.54) is 19.0 Å². The van der Waals surface area contributed by atoms with Crippen LogP contribution < -0.4 is 16.0 Å². The van der Waals surface area contributed by atoms with Crippen LogP contribution in [0.5, 0.6) is 5.75 Å². The number of carbonyl (C=O) groups is 6. The van der Waals surface area contributed by atoms with Gasteiger partial charge in [0.1, 0.15) is 5.75 Å². The normalized spacial score (nSPS) is 32.3. The van der Waals surface area contributed by atoms with Crippen molar-refractivity contribution in [2.45, 2.75) is 50.3 Å². The number of rotatable bonds is 6. The molecule has 1 heterocycles. The Labute approximate surface area is 249 Å². The van der Waals surface area contributed by atoms with Crippen LogP contribution in [0.15, 0.2) is 6.07 Å². The molecular formula is C30H39N5O8. The Morgan fingerprint density at radius 3 is 2.40 bits per heavy atom. The minimum Gasteiger partial charge on any atom is -0.505 e. The molecule has 7 atom stereocenters. The van der Waals surface area contributed by atoms with Crippen LogP contribution in [-0.2, 0) is 30.4 Å². The van der Waals surface area contributed by atoms with Crippen LogP contribution in [0.3, 0.4) is 0 Å². The number of phenolic OH excluding ortho intramolecular Hbond substituents is 1. The van der Waals surface area contributed by atoms with Gasteiger partial charge in [-0.05, 0) is 70.4 Å². The van der Waals surface area contributed by atoms with Gasteiger partial charge in [0.05, 0.1) is 29.3 Å². The van der Waals surface area contributed by atoms with Gasteiger partial charge in [-0.2, -0.15) is 0 Å². The number of likely N-dealkylation sites (tertiary alicyclic amines) is 1. The first-order valence-electron chi connectivity index (χ1n) is 14.6. The topological polar surface area (TPSA) is 191 Å². The number of hydrogen-bond acceptors (Lipinski definition) is 11. The van der Waals surface area contributed by atoms with Gasteiger partial charge in [-0.1, -0.05) is 6.92 Å². The number of likely N-dealkylation sites (N-methyl/N-ethyl adjacent to an activating group) is 2. The number of phenols is 1. The number of aliphatic hydroxyl groups is 1. The molecule has 2 unspecified atom stereocenters. The number of anilines is 2. The van der Waals surface area contributed by atoms with E-state index < -0.39 is 76.1 Å². The second-order valence-corrected chi connectivity index (χ2v) is 12.6. The van der Waals surface area contributed by atoms with Crippen LogP contribution in [0.2, 0.25) is 0 Å². The molecule has 1 aromatic rings. The van der Waals surface area contributed by atoms with E-state index in [1.54, 1.807) is 25.1 Å². The van der Waals surface area contributed by atoms with Crippen molar-refractivity contribution in [1.82, 2.24) is 9.80 Å². The molecule has 0 radical (unpaired) electrons. The second-order valence-electron chi connectivity index (χ2n) is 12.6. The smallest absolute Gasteiger partial charge is 0.241 e. The molecule has 43 heavy (non-hydrogen) atoms. The second kappa shape index (κ2) is 10.8. The van der Waals surface area contributed by atoms with Gasteiger partial charge < -0.3 is 26.2 Å². The molecule has 4 aliphatic rings. The summed E-state index contributed by atoms with van der Waals surface area (Å²) in [6.45, 7) is 3.41. The number of nitrogens with two attached hydrogens (primary N) is 1. The highest BCUT2D eigenvalue weighted by atomic mass is 16.3. The molecule has 3 aliphatic carbocycles. The van der Waals surface area contributed by atoms with Crippen molar-refractivity contribution in [2.24, 2.45) is 29.4 Å². The molecule has 0 bridgehead atoms. The summed E-state index contributed by atoms with van der Waals surface area (Å²) in [7, 11) is 6.58. The zero-order valence-corrected chi connectivity index (χ0v) is 25.0. The Bertz CT molecular complexity index is 1440. The highest BCUT2D eigenvalue weighted by Gasteiger charge is 2.69. The van der Waals surface area contributed by atoms with E-state index in [2.05, 4.69) is 5.32 Å². The Morgan fingerprint density at radius 2 is 1.81 bits per heavy atom. The van der Waals surface area contributed by atoms with Crippen LogP contribution >= 0.6 is 0 Å². The van der Waals surface area contributed by atoms with Gasteiger partial charge in [0.2, 0.25) is 11.8 Å². The monoisotopic (exact) mass is 597 g/mol. The molecule has 13 heteroatoms. The molecule has 0 spiro atoms. The first-order valence-corrected chi connectivity index (χ1v) is 14.6. The number of Topliss-reactive ketones (excluding diaryl/α,β-unsaturated/α-hetero) is 4. The predicted molar refractivity (Wildman–Crippen MR) is 155 cm³/mol. The number of ketones is 4. The van der Waals surface area contributed by atoms with Crippen molar-refractivity contribution in [3.63, 3.8) is 0 Å². The molecule has 5 rings (SSSR count). The zero-order valence-electron chi connectivity index (χ0n) is 25.0. The summed E-state index contributed by atoms with van der Waals surface area (Å²) in [4.78, 5) is 85.6. The maximum Gasteiger partial charge on any atom is 0.241 e. The number of amides is 2. The summed E-state index contributed by atoms with van der Waals surface area (Å²) in [5.74, 6) is -11.5. The van der Waals surface area contributed by atoms with E-state index in [-0.39, 0.29) is 30.0 Å². The Balaban J connectivity index is 1.59. The minimum atomic E-state index is -2.80. The lowest BCUT2D eigenvalue weighted by Gasteiger charge is -2.52. The average Bonchev–Trinajstić information content (AvgIpc) is 3.41. The lowest BCUT2D eigenvalue weighted by molar-refractivity contribution is -0.181. The minimum absolute atomic E-state index is 0.0165.